The molecule has 0 aromatic heterocycles. The van der Waals surface area contributed by atoms with Gasteiger partial charge < -0.3 is 19.9 Å². The van der Waals surface area contributed by atoms with Crippen LogP contribution in [-0.4, -0.2) is 33.1 Å². The molecule has 0 bridgehead atoms. The van der Waals surface area contributed by atoms with Crippen molar-refractivity contribution in [3.8, 4) is 11.5 Å². The van der Waals surface area contributed by atoms with Crippen LogP contribution in [0.15, 0.2) is 60.7 Å². The Bertz CT molecular complexity index is 1300. The minimum atomic E-state index is -4.53. The Hall–Kier alpha value is -4.06. The van der Waals surface area contributed by atoms with E-state index < -0.39 is 29.4 Å². The molecule has 3 aromatic rings. The summed E-state index contributed by atoms with van der Waals surface area (Å²) in [5.41, 5.74) is 4.35. The van der Waals surface area contributed by atoms with E-state index >= 15 is 0 Å². The van der Waals surface area contributed by atoms with Crippen molar-refractivity contribution in [2.75, 3.05) is 21.3 Å². The third-order valence-electron chi connectivity index (χ3n) is 5.71. The van der Waals surface area contributed by atoms with Crippen molar-refractivity contribution in [2.24, 2.45) is 5.73 Å². The molecule has 0 fully saturated rings. The van der Waals surface area contributed by atoms with E-state index in [4.69, 9.17) is 15.2 Å². The van der Waals surface area contributed by atoms with Gasteiger partial charge in [-0.05, 0) is 53.9 Å². The summed E-state index contributed by atoms with van der Waals surface area (Å²) >= 11 is 0. The first kappa shape index (κ1) is 32.2. The smallest absolute Gasteiger partial charge is 0.416 e. The normalized spacial score (nSPS) is 11.2. The Morgan fingerprint density at radius 2 is 1.15 bits per heavy atom. The van der Waals surface area contributed by atoms with Gasteiger partial charge in [-0.2, -0.15) is 26.3 Å². The van der Waals surface area contributed by atoms with Gasteiger partial charge in [0.1, 0.15) is 11.5 Å². The molecule has 0 saturated heterocycles. The van der Waals surface area contributed by atoms with Gasteiger partial charge in [0.25, 0.3) is 0 Å². The average molecular weight is 572 g/mol. The molecule has 0 aliphatic heterocycles. The zero-order valence-corrected chi connectivity index (χ0v) is 21.8. The lowest BCUT2D eigenvalue weighted by Crippen LogP contribution is -2.12. The molecule has 0 heterocycles. The van der Waals surface area contributed by atoms with E-state index in [1.54, 1.807) is 0 Å². The molecule has 2 N–H and O–H groups in total. The number of hydrogen-bond donors (Lipinski definition) is 1. The van der Waals surface area contributed by atoms with Gasteiger partial charge in [0.15, 0.2) is 5.78 Å². The van der Waals surface area contributed by atoms with Crippen LogP contribution in [0.1, 0.15) is 49.4 Å². The van der Waals surface area contributed by atoms with E-state index in [0.29, 0.717) is 11.1 Å². The Balaban J connectivity index is 0.000000337. The number of carbonyl (C=O) groups is 2. The summed E-state index contributed by atoms with van der Waals surface area (Å²) in [5, 5.41) is 0. The van der Waals surface area contributed by atoms with Crippen molar-refractivity contribution in [1.29, 1.82) is 0 Å². The molecule has 0 unspecified atom stereocenters. The zero-order valence-electron chi connectivity index (χ0n) is 21.8. The maximum Gasteiger partial charge on any atom is 0.416 e. The first-order valence-corrected chi connectivity index (χ1v) is 11.6. The third kappa shape index (κ3) is 8.73. The van der Waals surface area contributed by atoms with Crippen molar-refractivity contribution >= 4 is 11.8 Å². The molecule has 216 valence electrons. The standard InChI is InChI=1S/C19H17F3O4.C9H10F3NO/c1-25-15-9-7-12(16(11-15)19(20,21)22)8-10-17(23)13-3-5-14(6-4-13)18(24)26-2;1-14-7-3-2-6(5-13)8(4-7)9(10,11)12/h3-7,9,11H,8,10H2,1-2H3;2-4H,5,13H2,1H3. The van der Waals surface area contributed by atoms with E-state index in [2.05, 4.69) is 4.74 Å². The number of hydrogen-bond acceptors (Lipinski definition) is 6. The van der Waals surface area contributed by atoms with Gasteiger partial charge in [-0.3, -0.25) is 4.79 Å². The predicted octanol–water partition coefficient (Wildman–Crippen LogP) is 6.49. The lowest BCUT2D eigenvalue weighted by molar-refractivity contribution is -0.139. The number of carbonyl (C=O) groups excluding carboxylic acids is 2. The summed E-state index contributed by atoms with van der Waals surface area (Å²) in [6, 6.07) is 13.2. The number of esters is 1. The summed E-state index contributed by atoms with van der Waals surface area (Å²) in [6.07, 6.45) is -9.07. The number of nitrogens with two attached hydrogens (primary N) is 1. The molecule has 3 rings (SSSR count). The van der Waals surface area contributed by atoms with Crippen molar-refractivity contribution in [3.05, 3.63) is 94.0 Å². The van der Waals surface area contributed by atoms with Crippen LogP contribution in [0, 0.1) is 0 Å². The minimum absolute atomic E-state index is 0.0258. The summed E-state index contributed by atoms with van der Waals surface area (Å²) in [5.74, 6) is -0.567. The molecule has 0 radical (unpaired) electrons. The highest BCUT2D eigenvalue weighted by Crippen LogP contribution is 2.35. The minimum Gasteiger partial charge on any atom is -0.497 e. The highest BCUT2D eigenvalue weighted by atomic mass is 19.4. The van der Waals surface area contributed by atoms with E-state index in [0.717, 1.165) is 12.1 Å². The summed E-state index contributed by atoms with van der Waals surface area (Å²) in [7, 11) is 3.85. The van der Waals surface area contributed by atoms with Gasteiger partial charge >= 0.3 is 18.3 Å². The quantitative estimate of drug-likeness (QED) is 0.189. The number of halogens is 6. The van der Waals surface area contributed by atoms with Crippen LogP contribution in [-0.2, 0) is 30.1 Å². The van der Waals surface area contributed by atoms with Gasteiger partial charge in [-0.25, -0.2) is 4.79 Å². The number of aryl methyl sites for hydroxylation is 1. The second-order valence-electron chi connectivity index (χ2n) is 8.24. The Morgan fingerprint density at radius 3 is 1.57 bits per heavy atom. The first-order chi connectivity index (χ1) is 18.7. The van der Waals surface area contributed by atoms with E-state index in [-0.39, 0.29) is 47.8 Å². The highest BCUT2D eigenvalue weighted by molar-refractivity contribution is 5.97. The summed E-state index contributed by atoms with van der Waals surface area (Å²) in [6.45, 7) is -0.140. The van der Waals surface area contributed by atoms with Gasteiger partial charge in [-0.1, -0.05) is 24.3 Å². The lowest BCUT2D eigenvalue weighted by atomic mass is 9.98. The van der Waals surface area contributed by atoms with Crippen LogP contribution in [0.2, 0.25) is 0 Å². The van der Waals surface area contributed by atoms with Gasteiger partial charge in [0.2, 0.25) is 0 Å². The van der Waals surface area contributed by atoms with Crippen LogP contribution in [0.5, 0.6) is 11.5 Å². The van der Waals surface area contributed by atoms with Crippen LogP contribution >= 0.6 is 0 Å². The number of benzene rings is 3. The molecule has 0 aliphatic carbocycles. The fourth-order valence-corrected chi connectivity index (χ4v) is 3.59. The lowest BCUT2D eigenvalue weighted by Gasteiger charge is -2.14. The third-order valence-corrected chi connectivity index (χ3v) is 5.71. The topological polar surface area (TPSA) is 87.9 Å². The van der Waals surface area contributed by atoms with Crippen LogP contribution in [0.4, 0.5) is 26.3 Å². The van der Waals surface area contributed by atoms with Crippen molar-refractivity contribution in [1.82, 2.24) is 0 Å². The monoisotopic (exact) mass is 571 g/mol. The Kier molecular flexibility index (Phi) is 11.1. The van der Waals surface area contributed by atoms with Crippen LogP contribution < -0.4 is 15.2 Å². The Labute approximate surface area is 226 Å². The average Bonchev–Trinajstić information content (AvgIpc) is 2.94. The van der Waals surface area contributed by atoms with Gasteiger partial charge in [0.05, 0.1) is 38.0 Å². The van der Waals surface area contributed by atoms with Crippen molar-refractivity contribution < 1.29 is 50.1 Å². The van der Waals surface area contributed by atoms with Crippen LogP contribution in [0.3, 0.4) is 0 Å². The molecule has 0 spiro atoms. The molecule has 12 heteroatoms. The number of rotatable bonds is 8. The summed E-state index contributed by atoms with van der Waals surface area (Å²) in [4.78, 5) is 23.6. The van der Waals surface area contributed by atoms with Crippen LogP contribution in [0.25, 0.3) is 0 Å². The van der Waals surface area contributed by atoms with E-state index in [1.165, 1.54) is 69.9 Å². The maximum absolute atomic E-state index is 13.2. The molecule has 0 saturated carbocycles. The second kappa shape index (κ2) is 13.8. The van der Waals surface area contributed by atoms with Crippen molar-refractivity contribution in [2.45, 2.75) is 31.7 Å². The number of Topliss-reactive ketones (excluding diaryl/α,β-unsaturated/α-hetero) is 1. The first-order valence-electron chi connectivity index (χ1n) is 11.6. The zero-order chi connectivity index (χ0) is 30.1. The highest BCUT2D eigenvalue weighted by Gasteiger charge is 2.34. The predicted molar refractivity (Wildman–Crippen MR) is 134 cm³/mol. The SMILES string of the molecule is COC(=O)c1ccc(C(=O)CCc2ccc(OC)cc2C(F)(F)F)cc1.COc1ccc(CN)c(C(F)(F)F)c1. The molecular weight excluding hydrogens is 544 g/mol. The Morgan fingerprint density at radius 1 is 0.700 bits per heavy atom. The second-order valence-corrected chi connectivity index (χ2v) is 8.24. The molecular formula is C28H27F6NO5. The number of alkyl halides is 6. The maximum atomic E-state index is 13.2. The fraction of sp³-hybridized carbons (Fsp3) is 0.286. The van der Waals surface area contributed by atoms with E-state index in [9.17, 15) is 35.9 Å². The number of ether oxygens (including phenoxy) is 3. The largest absolute Gasteiger partial charge is 0.497 e. The molecule has 40 heavy (non-hydrogen) atoms. The number of ketones is 1. The summed E-state index contributed by atoms with van der Waals surface area (Å²) < 4.78 is 91.0. The fourth-order valence-electron chi connectivity index (χ4n) is 3.59. The molecule has 0 amide bonds. The molecule has 6 nitrogen and oxygen atoms in total. The molecule has 3 aromatic carbocycles. The van der Waals surface area contributed by atoms with Gasteiger partial charge in [-0.15, -0.1) is 0 Å². The molecule has 0 atom stereocenters. The molecule has 0 aliphatic rings. The van der Waals surface area contributed by atoms with Crippen molar-refractivity contribution in [3.63, 3.8) is 0 Å². The van der Waals surface area contributed by atoms with E-state index in [1.807, 2.05) is 0 Å². The van der Waals surface area contributed by atoms with Gasteiger partial charge in [0, 0.05) is 18.5 Å². The number of methoxy groups -OCH3 is 3.